The second-order valence-electron chi connectivity index (χ2n) is 4.30. The SMILES string of the molecule is CC(C)CNc1ccc(-c2ccncn2)cn1. The van der Waals surface area contributed by atoms with E-state index in [4.69, 9.17) is 0 Å². The number of rotatable bonds is 4. The zero-order chi connectivity index (χ0) is 12.1. The molecule has 0 aliphatic carbocycles. The van der Waals surface area contributed by atoms with Crippen LogP contribution in [-0.2, 0) is 0 Å². The number of anilines is 1. The summed E-state index contributed by atoms with van der Waals surface area (Å²) in [5, 5.41) is 3.28. The molecule has 88 valence electrons. The van der Waals surface area contributed by atoms with Crippen LogP contribution in [0.1, 0.15) is 13.8 Å². The van der Waals surface area contributed by atoms with E-state index in [-0.39, 0.29) is 0 Å². The third kappa shape index (κ3) is 3.24. The molecule has 1 N–H and O–H groups in total. The van der Waals surface area contributed by atoms with Gasteiger partial charge < -0.3 is 5.32 Å². The molecule has 0 saturated heterocycles. The summed E-state index contributed by atoms with van der Waals surface area (Å²) in [7, 11) is 0. The van der Waals surface area contributed by atoms with Gasteiger partial charge >= 0.3 is 0 Å². The Morgan fingerprint density at radius 3 is 2.65 bits per heavy atom. The lowest BCUT2D eigenvalue weighted by atomic mass is 10.2. The van der Waals surface area contributed by atoms with Gasteiger partial charge in [-0.2, -0.15) is 0 Å². The molecule has 2 heterocycles. The first-order valence-corrected chi connectivity index (χ1v) is 5.72. The molecule has 4 heteroatoms. The number of nitrogens with one attached hydrogen (secondary N) is 1. The number of pyridine rings is 1. The average molecular weight is 228 g/mol. The van der Waals surface area contributed by atoms with E-state index >= 15 is 0 Å². The third-order valence-electron chi connectivity index (χ3n) is 2.33. The van der Waals surface area contributed by atoms with Crippen LogP contribution in [0.3, 0.4) is 0 Å². The van der Waals surface area contributed by atoms with Gasteiger partial charge in [0.15, 0.2) is 0 Å². The first-order valence-electron chi connectivity index (χ1n) is 5.72. The second kappa shape index (κ2) is 5.39. The fraction of sp³-hybridized carbons (Fsp3) is 0.308. The Labute approximate surface area is 101 Å². The van der Waals surface area contributed by atoms with Crippen molar-refractivity contribution >= 4 is 5.82 Å². The highest BCUT2D eigenvalue weighted by Crippen LogP contribution is 2.16. The summed E-state index contributed by atoms with van der Waals surface area (Å²) < 4.78 is 0. The summed E-state index contributed by atoms with van der Waals surface area (Å²) in [6, 6.07) is 5.86. The van der Waals surface area contributed by atoms with Crippen molar-refractivity contribution in [1.29, 1.82) is 0 Å². The molecule has 4 nitrogen and oxygen atoms in total. The molecule has 0 amide bonds. The molecule has 0 aliphatic rings. The van der Waals surface area contributed by atoms with E-state index in [0.29, 0.717) is 5.92 Å². The van der Waals surface area contributed by atoms with E-state index in [1.165, 1.54) is 0 Å². The molecule has 0 radical (unpaired) electrons. The van der Waals surface area contributed by atoms with Crippen LogP contribution in [-0.4, -0.2) is 21.5 Å². The van der Waals surface area contributed by atoms with Crippen LogP contribution < -0.4 is 5.32 Å². The molecule has 17 heavy (non-hydrogen) atoms. The van der Waals surface area contributed by atoms with Gasteiger partial charge in [0, 0.05) is 24.5 Å². The fourth-order valence-corrected chi connectivity index (χ4v) is 1.42. The van der Waals surface area contributed by atoms with Gasteiger partial charge in [0.1, 0.15) is 12.1 Å². The van der Waals surface area contributed by atoms with Crippen molar-refractivity contribution in [2.75, 3.05) is 11.9 Å². The van der Waals surface area contributed by atoms with Crippen LogP contribution in [0.2, 0.25) is 0 Å². The molecule has 0 atom stereocenters. The average Bonchev–Trinajstić information content (AvgIpc) is 2.38. The molecule has 2 rings (SSSR count). The topological polar surface area (TPSA) is 50.7 Å². The monoisotopic (exact) mass is 228 g/mol. The van der Waals surface area contributed by atoms with E-state index in [1.807, 2.05) is 24.4 Å². The Morgan fingerprint density at radius 1 is 1.18 bits per heavy atom. The summed E-state index contributed by atoms with van der Waals surface area (Å²) in [5.41, 5.74) is 1.89. The minimum atomic E-state index is 0.610. The van der Waals surface area contributed by atoms with Gasteiger partial charge in [-0.3, -0.25) is 0 Å². The lowest BCUT2D eigenvalue weighted by Gasteiger charge is -2.08. The zero-order valence-corrected chi connectivity index (χ0v) is 10.1. The highest BCUT2D eigenvalue weighted by molar-refractivity contribution is 5.58. The number of nitrogens with zero attached hydrogens (tertiary/aromatic N) is 3. The molecular formula is C13H16N4. The molecule has 0 aliphatic heterocycles. The van der Waals surface area contributed by atoms with Crippen molar-refractivity contribution in [3.8, 4) is 11.3 Å². The van der Waals surface area contributed by atoms with Gasteiger partial charge in [0.2, 0.25) is 0 Å². The lowest BCUT2D eigenvalue weighted by molar-refractivity contribution is 0.687. The van der Waals surface area contributed by atoms with E-state index < -0.39 is 0 Å². The highest BCUT2D eigenvalue weighted by atomic mass is 15.0. The van der Waals surface area contributed by atoms with Crippen LogP contribution >= 0.6 is 0 Å². The van der Waals surface area contributed by atoms with Crippen molar-refractivity contribution in [2.24, 2.45) is 5.92 Å². The van der Waals surface area contributed by atoms with Gasteiger partial charge in [-0.15, -0.1) is 0 Å². The molecule has 2 aromatic rings. The Hall–Kier alpha value is -1.97. The zero-order valence-electron chi connectivity index (χ0n) is 10.1. The molecule has 0 unspecified atom stereocenters. The van der Waals surface area contributed by atoms with Crippen molar-refractivity contribution in [3.63, 3.8) is 0 Å². The lowest BCUT2D eigenvalue weighted by Crippen LogP contribution is -2.08. The quantitative estimate of drug-likeness (QED) is 0.874. The van der Waals surface area contributed by atoms with Crippen LogP contribution in [0, 0.1) is 5.92 Å². The smallest absolute Gasteiger partial charge is 0.125 e. The van der Waals surface area contributed by atoms with Crippen LogP contribution in [0.4, 0.5) is 5.82 Å². The van der Waals surface area contributed by atoms with Crippen LogP contribution in [0.5, 0.6) is 0 Å². The maximum atomic E-state index is 4.36. The van der Waals surface area contributed by atoms with E-state index in [2.05, 4.69) is 34.1 Å². The predicted molar refractivity (Wildman–Crippen MR) is 68.6 cm³/mol. The Kier molecular flexibility index (Phi) is 3.65. The largest absolute Gasteiger partial charge is 0.370 e. The van der Waals surface area contributed by atoms with E-state index in [0.717, 1.165) is 23.6 Å². The minimum absolute atomic E-state index is 0.610. The summed E-state index contributed by atoms with van der Waals surface area (Å²) in [4.78, 5) is 12.4. The van der Waals surface area contributed by atoms with Gasteiger partial charge in [-0.25, -0.2) is 15.0 Å². The van der Waals surface area contributed by atoms with Gasteiger partial charge in [-0.05, 0) is 24.1 Å². The van der Waals surface area contributed by atoms with Crippen molar-refractivity contribution in [3.05, 3.63) is 36.9 Å². The second-order valence-corrected chi connectivity index (χ2v) is 4.30. The van der Waals surface area contributed by atoms with Crippen molar-refractivity contribution in [1.82, 2.24) is 15.0 Å². The van der Waals surface area contributed by atoms with Gasteiger partial charge in [-0.1, -0.05) is 13.8 Å². The first-order chi connectivity index (χ1) is 8.25. The summed E-state index contributed by atoms with van der Waals surface area (Å²) >= 11 is 0. The van der Waals surface area contributed by atoms with Crippen molar-refractivity contribution < 1.29 is 0 Å². The molecule has 0 fully saturated rings. The fourth-order valence-electron chi connectivity index (χ4n) is 1.42. The van der Waals surface area contributed by atoms with Gasteiger partial charge in [0.25, 0.3) is 0 Å². The standard InChI is InChI=1S/C13H16N4/c1-10(2)7-15-13-4-3-11(8-16-13)12-5-6-14-9-17-12/h3-6,8-10H,7H2,1-2H3,(H,15,16). The number of hydrogen-bond acceptors (Lipinski definition) is 4. The van der Waals surface area contributed by atoms with E-state index in [9.17, 15) is 0 Å². The van der Waals surface area contributed by atoms with Crippen LogP contribution in [0.15, 0.2) is 36.9 Å². The minimum Gasteiger partial charge on any atom is -0.370 e. The maximum absolute atomic E-state index is 4.36. The molecule has 0 aromatic carbocycles. The van der Waals surface area contributed by atoms with Crippen LogP contribution in [0.25, 0.3) is 11.3 Å². The summed E-state index contributed by atoms with van der Waals surface area (Å²) in [5.74, 6) is 1.51. The predicted octanol–water partition coefficient (Wildman–Crippen LogP) is 2.61. The number of hydrogen-bond donors (Lipinski definition) is 1. The number of aromatic nitrogens is 3. The van der Waals surface area contributed by atoms with E-state index in [1.54, 1.807) is 12.5 Å². The molecule has 2 aromatic heterocycles. The Morgan fingerprint density at radius 2 is 2.06 bits per heavy atom. The molecule has 0 spiro atoms. The summed E-state index contributed by atoms with van der Waals surface area (Å²) in [6.07, 6.45) is 5.10. The third-order valence-corrected chi connectivity index (χ3v) is 2.33. The summed E-state index contributed by atoms with van der Waals surface area (Å²) in [6.45, 7) is 5.27. The Balaban J connectivity index is 2.08. The molecule has 0 bridgehead atoms. The highest BCUT2D eigenvalue weighted by Gasteiger charge is 2.00. The van der Waals surface area contributed by atoms with Gasteiger partial charge in [0.05, 0.1) is 5.69 Å². The molecular weight excluding hydrogens is 212 g/mol. The van der Waals surface area contributed by atoms with Crippen molar-refractivity contribution in [2.45, 2.75) is 13.8 Å². The molecule has 0 saturated carbocycles. The normalized spacial score (nSPS) is 10.5. The first kappa shape index (κ1) is 11.5. The Bertz CT molecular complexity index is 451. The maximum Gasteiger partial charge on any atom is 0.125 e.